The molecule has 0 aliphatic carbocycles. The van der Waals surface area contributed by atoms with Crippen LogP contribution in [0.2, 0.25) is 0 Å². The zero-order chi connectivity index (χ0) is 14.0. The summed E-state index contributed by atoms with van der Waals surface area (Å²) in [4.78, 5) is 13.4. The predicted octanol–water partition coefficient (Wildman–Crippen LogP) is 1.94. The highest BCUT2D eigenvalue weighted by Crippen LogP contribution is 2.25. The number of methoxy groups -OCH3 is 1. The number of carbonyl (C=O) groups is 1. The van der Waals surface area contributed by atoms with Crippen LogP contribution in [0.4, 0.5) is 0 Å². The first-order valence-corrected chi connectivity index (χ1v) is 6.06. The molecule has 0 spiro atoms. The predicted molar refractivity (Wildman–Crippen MR) is 76.1 cm³/mol. The molecule has 100 valence electrons. The Kier molecular flexibility index (Phi) is 3.71. The minimum atomic E-state index is -0.411. The highest BCUT2D eigenvalue weighted by molar-refractivity contribution is 5.87. The van der Waals surface area contributed by atoms with Crippen LogP contribution in [0.15, 0.2) is 36.4 Å². The molecule has 0 fully saturated rings. The van der Waals surface area contributed by atoms with E-state index in [0.717, 1.165) is 22.1 Å². The minimum Gasteiger partial charge on any atom is -0.497 e. The standard InChI is InChI=1S/C15H18N2O2/c1-17(2)14(15(16)18)12-5-4-11-9-13(19-3)7-6-10(11)8-12/h4-9,14H,1-3H3,(H2,16,18). The molecule has 2 rings (SSSR count). The summed E-state index contributed by atoms with van der Waals surface area (Å²) >= 11 is 0. The number of likely N-dealkylation sites (N-methyl/N-ethyl adjacent to an activating group) is 1. The normalized spacial score (nSPS) is 12.6. The number of hydrogen-bond acceptors (Lipinski definition) is 3. The van der Waals surface area contributed by atoms with Gasteiger partial charge in [0.1, 0.15) is 11.8 Å². The van der Waals surface area contributed by atoms with E-state index >= 15 is 0 Å². The van der Waals surface area contributed by atoms with Gasteiger partial charge in [-0.3, -0.25) is 9.69 Å². The van der Waals surface area contributed by atoms with Crippen LogP contribution in [0.3, 0.4) is 0 Å². The summed E-state index contributed by atoms with van der Waals surface area (Å²) in [5.41, 5.74) is 6.36. The number of fused-ring (bicyclic) bond motifs is 1. The lowest BCUT2D eigenvalue weighted by atomic mass is 10.0. The molecule has 1 atom stereocenters. The van der Waals surface area contributed by atoms with Gasteiger partial charge < -0.3 is 10.5 Å². The molecule has 2 aromatic rings. The average Bonchev–Trinajstić information content (AvgIpc) is 2.37. The molecular formula is C15H18N2O2. The Balaban J connectivity index is 2.49. The van der Waals surface area contributed by atoms with Crippen LogP contribution in [0.25, 0.3) is 10.8 Å². The Morgan fingerprint density at radius 2 is 1.79 bits per heavy atom. The number of amides is 1. The first-order valence-electron chi connectivity index (χ1n) is 6.06. The quantitative estimate of drug-likeness (QED) is 0.911. The summed E-state index contributed by atoms with van der Waals surface area (Å²) in [6.45, 7) is 0. The van der Waals surface area contributed by atoms with Gasteiger partial charge in [-0.1, -0.05) is 18.2 Å². The molecule has 0 radical (unpaired) electrons. The molecule has 4 heteroatoms. The zero-order valence-corrected chi connectivity index (χ0v) is 11.4. The van der Waals surface area contributed by atoms with Crippen molar-refractivity contribution in [2.45, 2.75) is 6.04 Å². The van der Waals surface area contributed by atoms with E-state index in [4.69, 9.17) is 10.5 Å². The van der Waals surface area contributed by atoms with E-state index in [1.165, 1.54) is 0 Å². The number of nitrogens with zero attached hydrogens (tertiary/aromatic N) is 1. The molecule has 0 saturated carbocycles. The van der Waals surface area contributed by atoms with Gasteiger partial charge in [-0.05, 0) is 48.6 Å². The van der Waals surface area contributed by atoms with E-state index in [0.29, 0.717) is 0 Å². The zero-order valence-electron chi connectivity index (χ0n) is 11.4. The average molecular weight is 258 g/mol. The van der Waals surface area contributed by atoms with E-state index in [1.54, 1.807) is 7.11 Å². The van der Waals surface area contributed by atoms with E-state index in [9.17, 15) is 4.79 Å². The fourth-order valence-corrected chi connectivity index (χ4v) is 2.26. The van der Waals surface area contributed by atoms with Crippen LogP contribution in [0.5, 0.6) is 5.75 Å². The van der Waals surface area contributed by atoms with Crippen molar-refractivity contribution < 1.29 is 9.53 Å². The lowest BCUT2D eigenvalue weighted by molar-refractivity contribution is -0.122. The largest absolute Gasteiger partial charge is 0.497 e. The molecule has 2 N–H and O–H groups in total. The molecule has 19 heavy (non-hydrogen) atoms. The number of benzene rings is 2. The third kappa shape index (κ3) is 2.69. The fourth-order valence-electron chi connectivity index (χ4n) is 2.26. The van der Waals surface area contributed by atoms with Gasteiger partial charge in [0.25, 0.3) is 0 Å². The third-order valence-electron chi connectivity index (χ3n) is 3.17. The van der Waals surface area contributed by atoms with E-state index in [-0.39, 0.29) is 5.91 Å². The summed E-state index contributed by atoms with van der Waals surface area (Å²) in [5.74, 6) is 0.470. The maximum atomic E-state index is 11.5. The molecule has 1 amide bonds. The number of rotatable bonds is 4. The Labute approximate surface area is 112 Å². The second-order valence-corrected chi connectivity index (χ2v) is 4.74. The van der Waals surface area contributed by atoms with Crippen LogP contribution < -0.4 is 10.5 Å². The number of ether oxygens (including phenoxy) is 1. The lowest BCUT2D eigenvalue weighted by Crippen LogP contribution is -2.32. The summed E-state index contributed by atoms with van der Waals surface area (Å²) in [5, 5.41) is 2.14. The highest BCUT2D eigenvalue weighted by Gasteiger charge is 2.20. The van der Waals surface area contributed by atoms with Gasteiger partial charge in [-0.25, -0.2) is 0 Å². The van der Waals surface area contributed by atoms with Gasteiger partial charge in [-0.15, -0.1) is 0 Å². The Hall–Kier alpha value is -2.07. The van der Waals surface area contributed by atoms with Crippen molar-refractivity contribution in [2.24, 2.45) is 5.73 Å². The molecular weight excluding hydrogens is 240 g/mol. The van der Waals surface area contributed by atoms with Crippen LogP contribution in [-0.4, -0.2) is 32.0 Å². The van der Waals surface area contributed by atoms with E-state index in [1.807, 2.05) is 55.4 Å². The molecule has 0 aliphatic heterocycles. The van der Waals surface area contributed by atoms with Crippen molar-refractivity contribution in [2.75, 3.05) is 21.2 Å². The summed E-state index contributed by atoms with van der Waals surface area (Å²) in [6.07, 6.45) is 0. The number of carbonyl (C=O) groups excluding carboxylic acids is 1. The fraction of sp³-hybridized carbons (Fsp3) is 0.267. The lowest BCUT2D eigenvalue weighted by Gasteiger charge is -2.21. The van der Waals surface area contributed by atoms with Crippen LogP contribution in [0.1, 0.15) is 11.6 Å². The Morgan fingerprint density at radius 1 is 1.16 bits per heavy atom. The summed E-state index contributed by atoms with van der Waals surface area (Å²) in [7, 11) is 5.33. The molecule has 4 nitrogen and oxygen atoms in total. The molecule has 0 heterocycles. The van der Waals surface area contributed by atoms with Gasteiger partial charge in [-0.2, -0.15) is 0 Å². The molecule has 1 unspecified atom stereocenters. The van der Waals surface area contributed by atoms with Crippen LogP contribution >= 0.6 is 0 Å². The number of hydrogen-bond donors (Lipinski definition) is 1. The van der Waals surface area contributed by atoms with Crippen molar-refractivity contribution in [3.63, 3.8) is 0 Å². The molecule has 2 aromatic carbocycles. The maximum absolute atomic E-state index is 11.5. The first-order chi connectivity index (χ1) is 9.02. The first kappa shape index (κ1) is 13.4. The number of nitrogens with two attached hydrogens (primary N) is 1. The molecule has 0 saturated heterocycles. The van der Waals surface area contributed by atoms with Gasteiger partial charge in [0.15, 0.2) is 0 Å². The summed E-state index contributed by atoms with van der Waals surface area (Å²) in [6, 6.07) is 11.3. The van der Waals surface area contributed by atoms with Crippen molar-refractivity contribution in [3.8, 4) is 5.75 Å². The van der Waals surface area contributed by atoms with Crippen molar-refractivity contribution in [3.05, 3.63) is 42.0 Å². The van der Waals surface area contributed by atoms with Crippen LogP contribution in [-0.2, 0) is 4.79 Å². The SMILES string of the molecule is COc1ccc2cc(C(C(N)=O)N(C)C)ccc2c1. The van der Waals surface area contributed by atoms with Crippen molar-refractivity contribution in [1.82, 2.24) is 4.90 Å². The summed E-state index contributed by atoms with van der Waals surface area (Å²) < 4.78 is 5.19. The van der Waals surface area contributed by atoms with Gasteiger partial charge in [0.2, 0.25) is 5.91 Å². The molecule has 0 aliphatic rings. The minimum absolute atomic E-state index is 0.349. The topological polar surface area (TPSA) is 55.6 Å². The second kappa shape index (κ2) is 5.28. The monoisotopic (exact) mass is 258 g/mol. The van der Waals surface area contributed by atoms with Crippen LogP contribution in [0, 0.1) is 0 Å². The maximum Gasteiger partial charge on any atom is 0.239 e. The molecule has 0 bridgehead atoms. The van der Waals surface area contributed by atoms with Crippen molar-refractivity contribution in [1.29, 1.82) is 0 Å². The van der Waals surface area contributed by atoms with Gasteiger partial charge in [0, 0.05) is 0 Å². The van der Waals surface area contributed by atoms with Crippen molar-refractivity contribution >= 4 is 16.7 Å². The smallest absolute Gasteiger partial charge is 0.239 e. The third-order valence-corrected chi connectivity index (χ3v) is 3.17. The van der Waals surface area contributed by atoms with Gasteiger partial charge >= 0.3 is 0 Å². The highest BCUT2D eigenvalue weighted by atomic mass is 16.5. The van der Waals surface area contributed by atoms with E-state index in [2.05, 4.69) is 0 Å². The van der Waals surface area contributed by atoms with E-state index < -0.39 is 6.04 Å². The van der Waals surface area contributed by atoms with Gasteiger partial charge in [0.05, 0.1) is 7.11 Å². The molecule has 0 aromatic heterocycles. The second-order valence-electron chi connectivity index (χ2n) is 4.74. The number of primary amides is 1. The Bertz CT molecular complexity index is 608. The Morgan fingerprint density at radius 3 is 2.37 bits per heavy atom.